The highest BCUT2D eigenvalue weighted by atomic mass is 32.2. The van der Waals surface area contributed by atoms with Crippen LogP contribution in [0.15, 0.2) is 42.5 Å². The van der Waals surface area contributed by atoms with Gasteiger partial charge in [-0.05, 0) is 49.6 Å². The first-order valence-electron chi connectivity index (χ1n) is 9.18. The molecular formula is C21H24N6OS. The van der Waals surface area contributed by atoms with E-state index in [9.17, 15) is 4.79 Å². The zero-order chi connectivity index (χ0) is 20.8. The number of nitrogens with zero attached hydrogens (tertiary/aromatic N) is 3. The molecule has 0 fully saturated rings. The van der Waals surface area contributed by atoms with Crippen molar-refractivity contribution in [2.45, 2.75) is 26.5 Å². The third kappa shape index (κ3) is 5.92. The predicted molar refractivity (Wildman–Crippen MR) is 119 cm³/mol. The molecule has 0 saturated heterocycles. The molecule has 4 N–H and O–H groups in total. The van der Waals surface area contributed by atoms with Crippen molar-refractivity contribution in [3.05, 3.63) is 65.0 Å². The minimum atomic E-state index is -0.0658. The summed E-state index contributed by atoms with van der Waals surface area (Å²) < 4.78 is 0. The first kappa shape index (κ1) is 20.6. The van der Waals surface area contributed by atoms with E-state index in [1.807, 2.05) is 63.2 Å². The van der Waals surface area contributed by atoms with Gasteiger partial charge in [-0.2, -0.15) is 15.0 Å². The summed E-state index contributed by atoms with van der Waals surface area (Å²) >= 11 is 1.42. The number of amides is 1. The number of carbonyl (C=O) groups is 1. The molecule has 0 saturated carbocycles. The van der Waals surface area contributed by atoms with Crippen LogP contribution in [0.4, 0.5) is 23.3 Å². The lowest BCUT2D eigenvalue weighted by molar-refractivity contribution is -0.113. The standard InChI is InChI=1S/C21H24N6OS/c1-13-8-9-15(3)17(10-13)23-19(28)12-29-11-18-25-20(22)27-21(26-18)24-16-7-5-4-6-14(16)2/h4-10H,11-12H2,1-3H3,(H,23,28)(H3,22,24,25,26,27). The van der Waals surface area contributed by atoms with Gasteiger partial charge in [0.2, 0.25) is 17.8 Å². The molecule has 8 heteroatoms. The lowest BCUT2D eigenvalue weighted by Crippen LogP contribution is -2.15. The summed E-state index contributed by atoms with van der Waals surface area (Å²) in [4.78, 5) is 25.0. The second-order valence-corrected chi connectivity index (χ2v) is 7.72. The molecule has 1 amide bonds. The Morgan fingerprint density at radius 2 is 1.76 bits per heavy atom. The molecular weight excluding hydrogens is 384 g/mol. The van der Waals surface area contributed by atoms with Crippen molar-refractivity contribution < 1.29 is 4.79 Å². The number of aromatic nitrogens is 3. The van der Waals surface area contributed by atoms with E-state index in [1.54, 1.807) is 0 Å². The van der Waals surface area contributed by atoms with Crippen LogP contribution in [0.5, 0.6) is 0 Å². The van der Waals surface area contributed by atoms with E-state index in [1.165, 1.54) is 11.8 Å². The van der Waals surface area contributed by atoms with Crippen LogP contribution in [-0.2, 0) is 10.5 Å². The van der Waals surface area contributed by atoms with Crippen LogP contribution >= 0.6 is 11.8 Å². The predicted octanol–water partition coefficient (Wildman–Crippen LogP) is 3.99. The topological polar surface area (TPSA) is 106 Å². The third-order valence-electron chi connectivity index (χ3n) is 4.22. The Labute approximate surface area is 174 Å². The number of thioether (sulfide) groups is 1. The van der Waals surface area contributed by atoms with Gasteiger partial charge in [0.15, 0.2) is 0 Å². The number of aryl methyl sites for hydroxylation is 3. The summed E-state index contributed by atoms with van der Waals surface area (Å²) in [6.07, 6.45) is 0. The summed E-state index contributed by atoms with van der Waals surface area (Å²) in [5.74, 6) is 1.74. The summed E-state index contributed by atoms with van der Waals surface area (Å²) in [6, 6.07) is 13.8. The molecule has 0 spiro atoms. The van der Waals surface area contributed by atoms with Crippen molar-refractivity contribution in [2.75, 3.05) is 22.1 Å². The number of para-hydroxylation sites is 1. The van der Waals surface area contributed by atoms with E-state index in [4.69, 9.17) is 5.73 Å². The van der Waals surface area contributed by atoms with Crippen molar-refractivity contribution in [1.29, 1.82) is 0 Å². The van der Waals surface area contributed by atoms with Crippen LogP contribution < -0.4 is 16.4 Å². The number of rotatable bonds is 7. The Morgan fingerprint density at radius 1 is 1.00 bits per heavy atom. The maximum absolute atomic E-state index is 12.3. The number of hydrogen-bond acceptors (Lipinski definition) is 7. The van der Waals surface area contributed by atoms with Crippen LogP contribution in [0.2, 0.25) is 0 Å². The van der Waals surface area contributed by atoms with Crippen LogP contribution in [0.25, 0.3) is 0 Å². The molecule has 3 aromatic rings. The maximum Gasteiger partial charge on any atom is 0.234 e. The lowest BCUT2D eigenvalue weighted by Gasteiger charge is -2.10. The van der Waals surface area contributed by atoms with E-state index in [2.05, 4.69) is 25.6 Å². The van der Waals surface area contributed by atoms with Gasteiger partial charge in [-0.3, -0.25) is 4.79 Å². The van der Waals surface area contributed by atoms with Gasteiger partial charge in [-0.15, -0.1) is 11.8 Å². The fourth-order valence-corrected chi connectivity index (χ4v) is 3.36. The summed E-state index contributed by atoms with van der Waals surface area (Å²) in [7, 11) is 0. The van der Waals surface area contributed by atoms with Crippen molar-refractivity contribution in [2.24, 2.45) is 0 Å². The van der Waals surface area contributed by atoms with Gasteiger partial charge in [0.05, 0.1) is 11.5 Å². The average Bonchev–Trinajstić information content (AvgIpc) is 2.66. The fourth-order valence-electron chi connectivity index (χ4n) is 2.68. The summed E-state index contributed by atoms with van der Waals surface area (Å²) in [5.41, 5.74) is 10.8. The van der Waals surface area contributed by atoms with Crippen molar-refractivity contribution >= 4 is 40.9 Å². The number of nitrogen functional groups attached to an aromatic ring is 1. The molecule has 0 radical (unpaired) electrons. The second-order valence-electron chi connectivity index (χ2n) is 6.73. The van der Waals surface area contributed by atoms with Crippen LogP contribution in [0.1, 0.15) is 22.5 Å². The van der Waals surface area contributed by atoms with Gasteiger partial charge in [0, 0.05) is 11.4 Å². The molecule has 3 rings (SSSR count). The number of nitrogens with two attached hydrogens (primary N) is 1. The van der Waals surface area contributed by atoms with Crippen LogP contribution in [-0.4, -0.2) is 26.6 Å². The quantitative estimate of drug-likeness (QED) is 0.543. The first-order chi connectivity index (χ1) is 13.9. The summed E-state index contributed by atoms with van der Waals surface area (Å²) in [5, 5.41) is 6.12. The number of anilines is 4. The molecule has 1 heterocycles. The SMILES string of the molecule is Cc1ccc(C)c(NC(=O)CSCc2nc(N)nc(Nc3ccccc3C)n2)c1. The molecule has 0 unspecified atom stereocenters. The highest BCUT2D eigenvalue weighted by molar-refractivity contribution is 7.99. The highest BCUT2D eigenvalue weighted by Gasteiger charge is 2.09. The molecule has 0 atom stereocenters. The number of benzene rings is 2. The van der Waals surface area contributed by atoms with E-state index < -0.39 is 0 Å². The molecule has 1 aromatic heterocycles. The van der Waals surface area contributed by atoms with E-state index >= 15 is 0 Å². The van der Waals surface area contributed by atoms with Gasteiger partial charge < -0.3 is 16.4 Å². The molecule has 0 aliphatic rings. The normalized spacial score (nSPS) is 10.6. The monoisotopic (exact) mass is 408 g/mol. The van der Waals surface area contributed by atoms with Gasteiger partial charge in [0.1, 0.15) is 5.82 Å². The minimum Gasteiger partial charge on any atom is -0.368 e. The first-order valence-corrected chi connectivity index (χ1v) is 10.3. The average molecular weight is 409 g/mol. The molecule has 0 aliphatic carbocycles. The molecule has 7 nitrogen and oxygen atoms in total. The molecule has 0 bridgehead atoms. The molecule has 0 aliphatic heterocycles. The largest absolute Gasteiger partial charge is 0.368 e. The zero-order valence-corrected chi connectivity index (χ0v) is 17.5. The van der Waals surface area contributed by atoms with Crippen molar-refractivity contribution in [3.8, 4) is 0 Å². The Bertz CT molecular complexity index is 1020. The number of hydrogen-bond donors (Lipinski definition) is 3. The summed E-state index contributed by atoms with van der Waals surface area (Å²) in [6.45, 7) is 5.97. The van der Waals surface area contributed by atoms with Gasteiger partial charge in [-0.25, -0.2) is 0 Å². The third-order valence-corrected chi connectivity index (χ3v) is 5.15. The van der Waals surface area contributed by atoms with Crippen LogP contribution in [0, 0.1) is 20.8 Å². The van der Waals surface area contributed by atoms with Crippen molar-refractivity contribution in [1.82, 2.24) is 15.0 Å². The van der Waals surface area contributed by atoms with E-state index in [0.29, 0.717) is 23.3 Å². The lowest BCUT2D eigenvalue weighted by atomic mass is 10.1. The maximum atomic E-state index is 12.3. The van der Waals surface area contributed by atoms with Gasteiger partial charge in [-0.1, -0.05) is 30.3 Å². The van der Waals surface area contributed by atoms with E-state index in [0.717, 1.165) is 28.1 Å². The Balaban J connectivity index is 1.58. The van der Waals surface area contributed by atoms with E-state index in [-0.39, 0.29) is 11.9 Å². The molecule has 29 heavy (non-hydrogen) atoms. The Kier molecular flexibility index (Phi) is 6.66. The van der Waals surface area contributed by atoms with Crippen molar-refractivity contribution in [3.63, 3.8) is 0 Å². The fraction of sp³-hybridized carbons (Fsp3) is 0.238. The Hall–Kier alpha value is -3.13. The second kappa shape index (κ2) is 9.38. The smallest absolute Gasteiger partial charge is 0.234 e. The highest BCUT2D eigenvalue weighted by Crippen LogP contribution is 2.20. The Morgan fingerprint density at radius 3 is 2.55 bits per heavy atom. The number of carbonyl (C=O) groups excluding carboxylic acids is 1. The number of nitrogens with one attached hydrogen (secondary N) is 2. The van der Waals surface area contributed by atoms with Gasteiger partial charge >= 0.3 is 0 Å². The van der Waals surface area contributed by atoms with Gasteiger partial charge in [0.25, 0.3) is 0 Å². The minimum absolute atomic E-state index is 0.0658. The van der Waals surface area contributed by atoms with Crippen LogP contribution in [0.3, 0.4) is 0 Å². The zero-order valence-electron chi connectivity index (χ0n) is 16.7. The molecule has 2 aromatic carbocycles. The molecule has 150 valence electrons.